The number of hydrogen-bond donors (Lipinski definition) is 0. The van der Waals surface area contributed by atoms with Gasteiger partial charge in [-0.05, 0) is 0 Å². The van der Waals surface area contributed by atoms with Crippen LogP contribution in [0.3, 0.4) is 0 Å². The molecular formula is C9H20. The Bertz CT molecular complexity index is 24.3. The summed E-state index contributed by atoms with van der Waals surface area (Å²) in [6.07, 6.45) is 12.1. The summed E-state index contributed by atoms with van der Waals surface area (Å²) < 4.78 is 0. The SMILES string of the molecule is C#C.CC.CCCCC. The maximum Gasteiger partial charge on any atom is -0.0538 e. The lowest BCUT2D eigenvalue weighted by atomic mass is 10.3. The molecule has 56 valence electrons. The van der Waals surface area contributed by atoms with Gasteiger partial charge < -0.3 is 0 Å². The lowest BCUT2D eigenvalue weighted by molar-refractivity contribution is 0.772. The molecule has 0 fully saturated rings. The van der Waals surface area contributed by atoms with Gasteiger partial charge in [-0.1, -0.05) is 47.0 Å². The quantitative estimate of drug-likeness (QED) is 0.499. The van der Waals surface area contributed by atoms with E-state index < -0.39 is 0 Å². The molecule has 9 heavy (non-hydrogen) atoms. The van der Waals surface area contributed by atoms with Gasteiger partial charge in [0.1, 0.15) is 0 Å². The third-order valence-corrected chi connectivity index (χ3v) is 0.707. The van der Waals surface area contributed by atoms with Crippen molar-refractivity contribution in [3.05, 3.63) is 0 Å². The molecule has 0 spiro atoms. The molecule has 0 aromatic carbocycles. The molecule has 0 saturated carbocycles. The zero-order chi connectivity index (χ0) is 8.12. The van der Waals surface area contributed by atoms with E-state index in [9.17, 15) is 0 Å². The van der Waals surface area contributed by atoms with Crippen LogP contribution in [0.5, 0.6) is 0 Å². The van der Waals surface area contributed by atoms with Gasteiger partial charge >= 0.3 is 0 Å². The summed E-state index contributed by atoms with van der Waals surface area (Å²) in [6.45, 7) is 8.42. The molecule has 0 atom stereocenters. The molecule has 0 rings (SSSR count). The van der Waals surface area contributed by atoms with Crippen molar-refractivity contribution >= 4 is 0 Å². The highest BCUT2D eigenvalue weighted by Crippen LogP contribution is 1.88. The van der Waals surface area contributed by atoms with Gasteiger partial charge in [0.25, 0.3) is 0 Å². The summed E-state index contributed by atoms with van der Waals surface area (Å²) in [4.78, 5) is 0. The largest absolute Gasteiger partial charge is 0.124 e. The second-order valence-electron chi connectivity index (χ2n) is 1.35. The second-order valence-corrected chi connectivity index (χ2v) is 1.35. The van der Waals surface area contributed by atoms with Gasteiger partial charge in [0.15, 0.2) is 0 Å². The molecule has 0 aromatic rings. The summed E-state index contributed by atoms with van der Waals surface area (Å²) in [5.74, 6) is 0. The highest BCUT2D eigenvalue weighted by atomic mass is 13.7. The van der Waals surface area contributed by atoms with E-state index in [2.05, 4.69) is 26.7 Å². The lowest BCUT2D eigenvalue weighted by Gasteiger charge is -1.79. The molecule has 0 N–H and O–H groups in total. The van der Waals surface area contributed by atoms with Gasteiger partial charge in [0.2, 0.25) is 0 Å². The molecule has 0 aromatic heterocycles. The van der Waals surface area contributed by atoms with Gasteiger partial charge in [-0.2, -0.15) is 0 Å². The number of rotatable bonds is 2. The summed E-state index contributed by atoms with van der Waals surface area (Å²) in [6, 6.07) is 0. The van der Waals surface area contributed by atoms with Crippen LogP contribution in [0.25, 0.3) is 0 Å². The Morgan fingerprint density at radius 1 is 0.889 bits per heavy atom. The van der Waals surface area contributed by atoms with Crippen LogP contribution in [-0.2, 0) is 0 Å². The van der Waals surface area contributed by atoms with Crippen molar-refractivity contribution in [2.75, 3.05) is 0 Å². The minimum Gasteiger partial charge on any atom is -0.124 e. The average molecular weight is 128 g/mol. The highest BCUT2D eigenvalue weighted by Gasteiger charge is 1.68. The lowest BCUT2D eigenvalue weighted by Crippen LogP contribution is -1.59. The second kappa shape index (κ2) is 49.6. The Kier molecular flexibility index (Phi) is 87.3. The Morgan fingerprint density at radius 2 is 1.11 bits per heavy atom. The molecule has 0 heterocycles. The van der Waals surface area contributed by atoms with Gasteiger partial charge in [0, 0.05) is 0 Å². The first-order valence-electron chi connectivity index (χ1n) is 3.75. The zero-order valence-corrected chi connectivity index (χ0v) is 7.28. The van der Waals surface area contributed by atoms with Crippen LogP contribution in [0.4, 0.5) is 0 Å². The Hall–Kier alpha value is -0.440. The van der Waals surface area contributed by atoms with E-state index in [0.717, 1.165) is 0 Å². The normalized spacial score (nSPS) is 5.56. The summed E-state index contributed by atoms with van der Waals surface area (Å²) in [5.41, 5.74) is 0. The first-order chi connectivity index (χ1) is 4.41. The topological polar surface area (TPSA) is 0 Å². The molecular weight excluding hydrogens is 108 g/mol. The Balaban J connectivity index is -0.0000000771. The van der Waals surface area contributed by atoms with Gasteiger partial charge in [0.05, 0.1) is 0 Å². The van der Waals surface area contributed by atoms with Crippen molar-refractivity contribution in [2.24, 2.45) is 0 Å². The van der Waals surface area contributed by atoms with E-state index in [0.29, 0.717) is 0 Å². The predicted octanol–water partition coefficient (Wildman–Crippen LogP) is 3.47. The molecule has 0 nitrogen and oxygen atoms in total. The molecule has 0 bridgehead atoms. The van der Waals surface area contributed by atoms with Crippen molar-refractivity contribution < 1.29 is 0 Å². The molecule has 0 aliphatic heterocycles. The Labute approximate surface area is 60.7 Å². The van der Waals surface area contributed by atoms with Crippen LogP contribution >= 0.6 is 0 Å². The van der Waals surface area contributed by atoms with Crippen LogP contribution in [0.1, 0.15) is 47.0 Å². The van der Waals surface area contributed by atoms with Crippen molar-refractivity contribution in [1.29, 1.82) is 0 Å². The molecule has 0 unspecified atom stereocenters. The predicted molar refractivity (Wildman–Crippen MR) is 46.4 cm³/mol. The van der Waals surface area contributed by atoms with Crippen LogP contribution in [-0.4, -0.2) is 0 Å². The minimum absolute atomic E-state index is 1.34. The summed E-state index contributed by atoms with van der Waals surface area (Å²) >= 11 is 0. The van der Waals surface area contributed by atoms with Gasteiger partial charge in [-0.3, -0.25) is 0 Å². The summed E-state index contributed by atoms with van der Waals surface area (Å²) in [5, 5.41) is 0. The fourth-order valence-corrected chi connectivity index (χ4v) is 0.354. The first kappa shape index (κ1) is 15.8. The van der Waals surface area contributed by atoms with Crippen LogP contribution < -0.4 is 0 Å². The average Bonchev–Trinajstić information content (AvgIpc) is 1.98. The smallest absolute Gasteiger partial charge is 0.0538 e. The van der Waals surface area contributed by atoms with E-state index in [1.54, 1.807) is 0 Å². The minimum atomic E-state index is 1.34. The maximum atomic E-state index is 4.00. The van der Waals surface area contributed by atoms with Crippen molar-refractivity contribution in [2.45, 2.75) is 47.0 Å². The molecule has 0 aliphatic rings. The third-order valence-electron chi connectivity index (χ3n) is 0.707. The van der Waals surface area contributed by atoms with Crippen LogP contribution in [0.2, 0.25) is 0 Å². The van der Waals surface area contributed by atoms with E-state index in [1.807, 2.05) is 13.8 Å². The van der Waals surface area contributed by atoms with Crippen molar-refractivity contribution in [3.63, 3.8) is 0 Å². The molecule has 0 saturated heterocycles. The van der Waals surface area contributed by atoms with Gasteiger partial charge in [-0.25, -0.2) is 0 Å². The monoisotopic (exact) mass is 128 g/mol. The number of unbranched alkanes of at least 4 members (excludes halogenated alkanes) is 2. The fraction of sp³-hybridized carbons (Fsp3) is 0.778. The molecule has 0 radical (unpaired) electrons. The van der Waals surface area contributed by atoms with E-state index >= 15 is 0 Å². The van der Waals surface area contributed by atoms with E-state index in [1.165, 1.54) is 19.3 Å². The first-order valence-corrected chi connectivity index (χ1v) is 3.75. The fourth-order valence-electron chi connectivity index (χ4n) is 0.354. The standard InChI is InChI=1S/C5H12.C2H6.C2H2/c1-3-5-4-2;2*1-2/h3-5H2,1-2H3;1-2H3;1-2H. The maximum absolute atomic E-state index is 4.00. The summed E-state index contributed by atoms with van der Waals surface area (Å²) in [7, 11) is 0. The third kappa shape index (κ3) is 96.0. The molecule has 0 amide bonds. The molecule has 0 aliphatic carbocycles. The van der Waals surface area contributed by atoms with Crippen molar-refractivity contribution in [3.8, 4) is 12.8 Å². The van der Waals surface area contributed by atoms with Crippen LogP contribution in [0, 0.1) is 12.8 Å². The van der Waals surface area contributed by atoms with E-state index in [4.69, 9.17) is 0 Å². The number of hydrogen-bond acceptors (Lipinski definition) is 0. The number of terminal acetylenes is 1. The van der Waals surface area contributed by atoms with Crippen LogP contribution in [0.15, 0.2) is 0 Å². The Morgan fingerprint density at radius 3 is 1.11 bits per heavy atom. The zero-order valence-electron chi connectivity index (χ0n) is 7.28. The van der Waals surface area contributed by atoms with Gasteiger partial charge in [-0.15, -0.1) is 12.8 Å². The molecule has 0 heteroatoms. The highest BCUT2D eigenvalue weighted by molar-refractivity contribution is 4.47. The van der Waals surface area contributed by atoms with E-state index in [-0.39, 0.29) is 0 Å². The van der Waals surface area contributed by atoms with Crippen molar-refractivity contribution in [1.82, 2.24) is 0 Å².